The zero-order valence-corrected chi connectivity index (χ0v) is 22.2. The van der Waals surface area contributed by atoms with Gasteiger partial charge in [-0.25, -0.2) is 4.39 Å². The molecule has 0 radical (unpaired) electrons. The van der Waals surface area contributed by atoms with Crippen LogP contribution in [0.5, 0.6) is 0 Å². The van der Waals surface area contributed by atoms with Gasteiger partial charge in [0.05, 0.1) is 16.8 Å². The summed E-state index contributed by atoms with van der Waals surface area (Å²) >= 11 is 5.97. The third-order valence-corrected chi connectivity index (χ3v) is 7.73. The molecular formula is C30H28ClFN4O3. The third-order valence-electron chi connectivity index (χ3n) is 7.43. The molecule has 200 valence electrons. The average molecular weight is 547 g/mol. The Morgan fingerprint density at radius 2 is 1.95 bits per heavy atom. The molecule has 3 heterocycles. The van der Waals surface area contributed by atoms with Crippen LogP contribution in [0.25, 0.3) is 16.7 Å². The molecule has 3 aromatic rings. The summed E-state index contributed by atoms with van der Waals surface area (Å²) < 4.78 is 14.7. The van der Waals surface area contributed by atoms with Gasteiger partial charge >= 0.3 is 0 Å². The SMILES string of the molecule is CC1CCCC(N2CCC(c3cccc(Cl)c3F)=CC2=O)c2cc(ccn2)-c2ccc(C(N)=O)cc2NC1=O. The van der Waals surface area contributed by atoms with Crippen molar-refractivity contribution in [1.29, 1.82) is 0 Å². The zero-order valence-electron chi connectivity index (χ0n) is 21.4. The van der Waals surface area contributed by atoms with Gasteiger partial charge in [-0.3, -0.25) is 19.4 Å². The Balaban J connectivity index is 1.54. The van der Waals surface area contributed by atoms with Crippen LogP contribution in [-0.2, 0) is 9.59 Å². The molecule has 9 heteroatoms. The van der Waals surface area contributed by atoms with Crippen LogP contribution in [0.15, 0.2) is 60.8 Å². The average Bonchev–Trinajstić information content (AvgIpc) is 2.92. The molecule has 2 atom stereocenters. The third kappa shape index (κ3) is 5.43. The number of rotatable bonds is 3. The summed E-state index contributed by atoms with van der Waals surface area (Å²) in [4.78, 5) is 44.6. The molecule has 3 amide bonds. The number of hydrogen-bond acceptors (Lipinski definition) is 4. The van der Waals surface area contributed by atoms with Gasteiger partial charge in [-0.2, -0.15) is 0 Å². The van der Waals surface area contributed by atoms with Crippen molar-refractivity contribution >= 4 is 40.6 Å². The van der Waals surface area contributed by atoms with Gasteiger partial charge in [0.25, 0.3) is 0 Å². The number of aromatic nitrogens is 1. The number of carbonyl (C=O) groups excluding carboxylic acids is 3. The molecule has 5 rings (SSSR count). The number of anilines is 1. The Morgan fingerprint density at radius 3 is 2.72 bits per heavy atom. The van der Waals surface area contributed by atoms with Crippen molar-refractivity contribution in [3.63, 3.8) is 0 Å². The van der Waals surface area contributed by atoms with Gasteiger partial charge in [0, 0.05) is 47.1 Å². The molecule has 2 aliphatic heterocycles. The highest BCUT2D eigenvalue weighted by molar-refractivity contribution is 6.31. The van der Waals surface area contributed by atoms with Crippen molar-refractivity contribution in [3.8, 4) is 11.1 Å². The summed E-state index contributed by atoms with van der Waals surface area (Å²) in [5.41, 5.74) is 9.43. The van der Waals surface area contributed by atoms with Crippen LogP contribution in [-0.4, -0.2) is 34.2 Å². The molecule has 1 aromatic heterocycles. The Kier molecular flexibility index (Phi) is 7.48. The lowest BCUT2D eigenvalue weighted by Crippen LogP contribution is -2.38. The van der Waals surface area contributed by atoms with Gasteiger partial charge in [0.15, 0.2) is 0 Å². The molecular weight excluding hydrogens is 519 g/mol. The second-order valence-electron chi connectivity index (χ2n) is 9.98. The van der Waals surface area contributed by atoms with Gasteiger partial charge < -0.3 is 16.0 Å². The molecule has 7 nitrogen and oxygen atoms in total. The highest BCUT2D eigenvalue weighted by atomic mass is 35.5. The number of hydrogen-bond donors (Lipinski definition) is 2. The number of nitrogens with two attached hydrogens (primary N) is 1. The van der Waals surface area contributed by atoms with E-state index in [-0.39, 0.29) is 28.8 Å². The molecule has 2 bridgehead atoms. The van der Waals surface area contributed by atoms with E-state index in [1.165, 1.54) is 12.1 Å². The quantitative estimate of drug-likeness (QED) is 0.436. The second kappa shape index (κ2) is 11.0. The predicted octanol–water partition coefficient (Wildman–Crippen LogP) is 5.76. The molecule has 0 saturated heterocycles. The molecule has 0 aliphatic carbocycles. The molecule has 2 aromatic carbocycles. The number of carbonyl (C=O) groups is 3. The normalized spacial score (nSPS) is 19.8. The number of halogens is 2. The number of pyridine rings is 1. The Hall–Kier alpha value is -4.04. The minimum Gasteiger partial charge on any atom is -0.366 e. The fraction of sp³-hybridized carbons (Fsp3) is 0.267. The maximum absolute atomic E-state index is 14.7. The zero-order chi connectivity index (χ0) is 27.7. The van der Waals surface area contributed by atoms with E-state index in [9.17, 15) is 18.8 Å². The first-order valence-electron chi connectivity index (χ1n) is 12.9. The van der Waals surface area contributed by atoms with Crippen LogP contribution in [0.4, 0.5) is 10.1 Å². The van der Waals surface area contributed by atoms with Gasteiger partial charge in [-0.05, 0) is 60.7 Å². The summed E-state index contributed by atoms with van der Waals surface area (Å²) in [5, 5.41) is 2.98. The molecule has 2 aliphatic rings. The van der Waals surface area contributed by atoms with Crippen molar-refractivity contribution in [1.82, 2.24) is 9.88 Å². The van der Waals surface area contributed by atoms with E-state index in [2.05, 4.69) is 10.3 Å². The Bertz CT molecular complexity index is 1510. The van der Waals surface area contributed by atoms with E-state index in [1.54, 1.807) is 41.4 Å². The lowest BCUT2D eigenvalue weighted by molar-refractivity contribution is -0.129. The molecule has 0 spiro atoms. The summed E-state index contributed by atoms with van der Waals surface area (Å²) in [6.45, 7) is 2.24. The Labute approximate surface area is 230 Å². The molecule has 2 unspecified atom stereocenters. The maximum Gasteiger partial charge on any atom is 0.248 e. The number of benzene rings is 2. The number of primary amides is 1. The van der Waals surface area contributed by atoms with Crippen LogP contribution >= 0.6 is 11.6 Å². The van der Waals surface area contributed by atoms with Crippen LogP contribution in [0, 0.1) is 11.7 Å². The van der Waals surface area contributed by atoms with Gasteiger partial charge in [-0.15, -0.1) is 0 Å². The van der Waals surface area contributed by atoms with Crippen molar-refractivity contribution < 1.29 is 18.8 Å². The number of nitrogens with zero attached hydrogens (tertiary/aromatic N) is 2. The topological polar surface area (TPSA) is 105 Å². The predicted molar refractivity (Wildman–Crippen MR) is 148 cm³/mol. The summed E-state index contributed by atoms with van der Waals surface area (Å²) in [6.07, 6.45) is 5.52. The van der Waals surface area contributed by atoms with Crippen molar-refractivity contribution in [2.24, 2.45) is 11.7 Å². The Morgan fingerprint density at radius 1 is 1.13 bits per heavy atom. The monoisotopic (exact) mass is 546 g/mol. The number of amides is 3. The van der Waals surface area contributed by atoms with Gasteiger partial charge in [0.1, 0.15) is 5.82 Å². The first kappa shape index (κ1) is 26.6. The molecule has 0 saturated carbocycles. The number of fused-ring (bicyclic) bond motifs is 4. The minimum absolute atomic E-state index is 0.0185. The summed E-state index contributed by atoms with van der Waals surface area (Å²) in [6, 6.07) is 13.1. The summed E-state index contributed by atoms with van der Waals surface area (Å²) in [5.74, 6) is -1.80. The van der Waals surface area contributed by atoms with Crippen LogP contribution < -0.4 is 11.1 Å². The summed E-state index contributed by atoms with van der Waals surface area (Å²) in [7, 11) is 0. The van der Waals surface area contributed by atoms with E-state index < -0.39 is 11.7 Å². The van der Waals surface area contributed by atoms with E-state index in [0.29, 0.717) is 60.2 Å². The molecule has 39 heavy (non-hydrogen) atoms. The highest BCUT2D eigenvalue weighted by Gasteiger charge is 2.30. The van der Waals surface area contributed by atoms with E-state index in [1.807, 2.05) is 19.1 Å². The lowest BCUT2D eigenvalue weighted by atomic mass is 9.92. The van der Waals surface area contributed by atoms with Crippen LogP contribution in [0.2, 0.25) is 5.02 Å². The maximum atomic E-state index is 14.7. The highest BCUT2D eigenvalue weighted by Crippen LogP contribution is 2.37. The standard InChI is InChI=1S/C30H28ClFN4O3/c1-17-4-2-7-26(36-13-11-19(16-27(36)37)22-5-3-6-23(31)28(22)32)25-14-18(10-12-34-25)21-9-8-20(29(33)38)15-24(21)35-30(17)39/h3,5-6,8-10,12,14-17,26H,2,4,7,11,13H2,1H3,(H2,33,38)(H,35,39). The van der Waals surface area contributed by atoms with Crippen LogP contribution in [0.3, 0.4) is 0 Å². The second-order valence-corrected chi connectivity index (χ2v) is 10.4. The minimum atomic E-state index is -0.588. The van der Waals surface area contributed by atoms with E-state index in [4.69, 9.17) is 17.3 Å². The van der Waals surface area contributed by atoms with Crippen molar-refractivity contribution in [2.75, 3.05) is 11.9 Å². The van der Waals surface area contributed by atoms with Crippen LogP contribution in [0.1, 0.15) is 60.3 Å². The van der Waals surface area contributed by atoms with E-state index >= 15 is 0 Å². The molecule has 0 fully saturated rings. The van der Waals surface area contributed by atoms with Crippen molar-refractivity contribution in [2.45, 2.75) is 38.6 Å². The fourth-order valence-electron chi connectivity index (χ4n) is 5.25. The smallest absolute Gasteiger partial charge is 0.248 e. The largest absolute Gasteiger partial charge is 0.366 e. The first-order chi connectivity index (χ1) is 18.7. The molecule has 3 N–H and O–H groups in total. The fourth-order valence-corrected chi connectivity index (χ4v) is 5.42. The van der Waals surface area contributed by atoms with Crippen molar-refractivity contribution in [3.05, 3.63) is 88.5 Å². The van der Waals surface area contributed by atoms with Gasteiger partial charge in [0.2, 0.25) is 17.7 Å². The van der Waals surface area contributed by atoms with Gasteiger partial charge in [-0.1, -0.05) is 43.1 Å². The number of nitrogens with one attached hydrogen (secondary N) is 1. The lowest BCUT2D eigenvalue weighted by Gasteiger charge is -2.34. The van der Waals surface area contributed by atoms with E-state index in [0.717, 1.165) is 11.3 Å². The first-order valence-corrected chi connectivity index (χ1v) is 13.3.